The van der Waals surface area contributed by atoms with Gasteiger partial charge < -0.3 is 24.5 Å². The number of aryl methyl sites for hydroxylation is 1. The van der Waals surface area contributed by atoms with E-state index < -0.39 is 12.7 Å². The molecule has 8 heteroatoms. The molecule has 2 aromatic heterocycles. The number of hydrogen-bond acceptors (Lipinski definition) is 4. The summed E-state index contributed by atoms with van der Waals surface area (Å²) in [4.78, 5) is 19.7. The highest BCUT2D eigenvalue weighted by Gasteiger charge is 2.28. The number of rotatable bonds is 6. The number of para-hydroxylation sites is 1. The topological polar surface area (TPSA) is 78.3 Å². The quantitative estimate of drug-likeness (QED) is 0.467. The second-order valence-electron chi connectivity index (χ2n) is 9.30. The van der Waals surface area contributed by atoms with Crippen molar-refractivity contribution in [3.8, 4) is 17.3 Å². The van der Waals surface area contributed by atoms with E-state index in [-0.39, 0.29) is 18.5 Å². The fraction of sp³-hybridized carbons (Fsp3) is 0.385. The summed E-state index contributed by atoms with van der Waals surface area (Å²) >= 11 is 0. The zero-order valence-corrected chi connectivity index (χ0v) is 20.0. The number of ether oxygens (including phenoxy) is 1. The number of carbonyl (C=O) groups excluding carboxylic acids is 1. The number of nitrogens with zero attached hydrogens (tertiary/aromatic N) is 4. The molecule has 7 nitrogen and oxygen atoms in total. The van der Waals surface area contributed by atoms with Gasteiger partial charge in [0.25, 0.3) is 5.91 Å². The number of nitrogens with two attached hydrogens (primary N) is 1. The third-order valence-electron chi connectivity index (χ3n) is 6.72. The van der Waals surface area contributed by atoms with Gasteiger partial charge >= 0.3 is 0 Å². The van der Waals surface area contributed by atoms with Gasteiger partial charge in [0, 0.05) is 37.1 Å². The largest absolute Gasteiger partial charge is 0.495 e. The minimum absolute atomic E-state index is 0.111. The molecular formula is C26H30FN5O2. The Morgan fingerprint density at radius 3 is 2.74 bits per heavy atom. The minimum atomic E-state index is -0.661. The molecule has 3 heterocycles. The van der Waals surface area contributed by atoms with E-state index in [1.165, 1.54) is 0 Å². The van der Waals surface area contributed by atoms with E-state index >= 15 is 0 Å². The molecule has 1 amide bonds. The van der Waals surface area contributed by atoms with Crippen molar-refractivity contribution in [2.75, 3.05) is 26.9 Å². The maximum atomic E-state index is 13.1. The van der Waals surface area contributed by atoms with Crippen LogP contribution in [-0.4, -0.2) is 57.8 Å². The molecule has 1 aliphatic rings. The molecule has 0 saturated carbocycles. The predicted octanol–water partition coefficient (Wildman–Crippen LogP) is 4.08. The van der Waals surface area contributed by atoms with Gasteiger partial charge in [-0.3, -0.25) is 4.79 Å². The van der Waals surface area contributed by atoms with Crippen LogP contribution in [0.5, 0.6) is 5.75 Å². The van der Waals surface area contributed by atoms with Gasteiger partial charge in [-0.05, 0) is 50.1 Å². The van der Waals surface area contributed by atoms with Gasteiger partial charge in [0.15, 0.2) is 5.82 Å². The monoisotopic (exact) mass is 463 g/mol. The lowest BCUT2D eigenvalue weighted by molar-refractivity contribution is 0.0725. The van der Waals surface area contributed by atoms with Gasteiger partial charge in [0.1, 0.15) is 12.4 Å². The molecule has 0 aliphatic carbocycles. The SMILES string of the molecule is COc1cccc2cc(-c3nc4cc5c(cc4n3C)CCN(C[C@H](N)CF)C5=O)n(C(C)C)c12. The Kier molecular flexibility index (Phi) is 5.56. The second kappa shape index (κ2) is 8.43. The molecule has 0 unspecified atom stereocenters. The van der Waals surface area contributed by atoms with Crippen LogP contribution in [0, 0.1) is 0 Å². The molecule has 0 bridgehead atoms. The van der Waals surface area contributed by atoms with Crippen LogP contribution < -0.4 is 10.5 Å². The normalized spacial score (nSPS) is 14.9. The van der Waals surface area contributed by atoms with Gasteiger partial charge in [0.05, 0.1) is 35.4 Å². The number of methoxy groups -OCH3 is 1. The van der Waals surface area contributed by atoms with Gasteiger partial charge in [0.2, 0.25) is 0 Å². The van der Waals surface area contributed by atoms with Crippen molar-refractivity contribution >= 4 is 27.8 Å². The van der Waals surface area contributed by atoms with E-state index in [4.69, 9.17) is 15.5 Å². The number of halogens is 1. The van der Waals surface area contributed by atoms with E-state index in [1.54, 1.807) is 12.0 Å². The van der Waals surface area contributed by atoms with Crippen LogP contribution in [0.4, 0.5) is 4.39 Å². The summed E-state index contributed by atoms with van der Waals surface area (Å²) in [5.41, 5.74) is 11.1. The van der Waals surface area contributed by atoms with E-state index in [9.17, 15) is 9.18 Å². The molecule has 178 valence electrons. The molecule has 5 rings (SSSR count). The van der Waals surface area contributed by atoms with Crippen LogP contribution in [0.1, 0.15) is 35.8 Å². The van der Waals surface area contributed by atoms with Crippen molar-refractivity contribution < 1.29 is 13.9 Å². The van der Waals surface area contributed by atoms with Crippen LogP contribution in [0.3, 0.4) is 0 Å². The Labute approximate surface area is 197 Å². The van der Waals surface area contributed by atoms with Crippen molar-refractivity contribution in [2.45, 2.75) is 32.4 Å². The summed E-state index contributed by atoms with van der Waals surface area (Å²) in [5, 5.41) is 1.09. The molecule has 4 aromatic rings. The van der Waals surface area contributed by atoms with E-state index in [0.717, 1.165) is 44.8 Å². The summed E-state index contributed by atoms with van der Waals surface area (Å²) in [5.74, 6) is 1.54. The maximum Gasteiger partial charge on any atom is 0.254 e. The van der Waals surface area contributed by atoms with Crippen molar-refractivity contribution in [1.82, 2.24) is 19.0 Å². The Morgan fingerprint density at radius 1 is 1.24 bits per heavy atom. The first-order valence-corrected chi connectivity index (χ1v) is 11.6. The lowest BCUT2D eigenvalue weighted by Crippen LogP contribution is -2.45. The number of amides is 1. The standard InChI is InChI=1S/C26H30FN5O2/c1-15(2)32-22(11-17-6-5-7-23(34-4)24(17)32)25-29-20-12-19-16(10-21(20)30(25)3)8-9-31(26(19)33)14-18(28)13-27/h5-7,10-12,15,18H,8-9,13-14,28H2,1-4H3/t18-/m1/s1. The molecular weight excluding hydrogens is 433 g/mol. The molecule has 1 aliphatic heterocycles. The third-order valence-corrected chi connectivity index (χ3v) is 6.72. The average Bonchev–Trinajstić information content (AvgIpc) is 3.37. The van der Waals surface area contributed by atoms with E-state index in [0.29, 0.717) is 18.5 Å². The molecule has 2 N–H and O–H groups in total. The smallest absolute Gasteiger partial charge is 0.254 e. The average molecular weight is 464 g/mol. The summed E-state index contributed by atoms with van der Waals surface area (Å²) < 4.78 is 22.9. The first-order chi connectivity index (χ1) is 16.3. The van der Waals surface area contributed by atoms with Crippen molar-refractivity contribution in [1.29, 1.82) is 0 Å². The molecule has 34 heavy (non-hydrogen) atoms. The first-order valence-electron chi connectivity index (χ1n) is 11.6. The lowest BCUT2D eigenvalue weighted by Gasteiger charge is -2.30. The zero-order chi connectivity index (χ0) is 24.1. The highest BCUT2D eigenvalue weighted by molar-refractivity contribution is 6.01. The molecule has 0 radical (unpaired) electrons. The number of alkyl halides is 1. The Hall–Kier alpha value is -3.39. The van der Waals surface area contributed by atoms with E-state index in [2.05, 4.69) is 41.2 Å². The predicted molar refractivity (Wildman–Crippen MR) is 132 cm³/mol. The van der Waals surface area contributed by atoms with Gasteiger partial charge in [-0.15, -0.1) is 0 Å². The molecule has 0 saturated heterocycles. The minimum Gasteiger partial charge on any atom is -0.495 e. The molecule has 1 atom stereocenters. The highest BCUT2D eigenvalue weighted by atomic mass is 19.1. The van der Waals surface area contributed by atoms with E-state index in [1.807, 2.05) is 25.2 Å². The summed E-state index contributed by atoms with van der Waals surface area (Å²) in [7, 11) is 3.69. The lowest BCUT2D eigenvalue weighted by atomic mass is 9.97. The van der Waals surface area contributed by atoms with Gasteiger partial charge in [-0.25, -0.2) is 9.37 Å². The Balaban J connectivity index is 1.65. The molecule has 0 spiro atoms. The first kappa shape index (κ1) is 22.4. The van der Waals surface area contributed by atoms with Crippen molar-refractivity contribution in [3.05, 3.63) is 47.5 Å². The van der Waals surface area contributed by atoms with Crippen LogP contribution in [-0.2, 0) is 13.5 Å². The van der Waals surface area contributed by atoms with Crippen LogP contribution in [0.15, 0.2) is 36.4 Å². The van der Waals surface area contributed by atoms with Gasteiger partial charge in [-0.2, -0.15) is 0 Å². The summed E-state index contributed by atoms with van der Waals surface area (Å²) in [6.45, 7) is 4.40. The van der Waals surface area contributed by atoms with Crippen LogP contribution in [0.2, 0.25) is 0 Å². The molecule has 0 fully saturated rings. The number of aromatic nitrogens is 3. The number of carbonyl (C=O) groups is 1. The van der Waals surface area contributed by atoms with Crippen molar-refractivity contribution in [3.63, 3.8) is 0 Å². The maximum absolute atomic E-state index is 13.1. The van der Waals surface area contributed by atoms with Crippen molar-refractivity contribution in [2.24, 2.45) is 12.8 Å². The molecule has 2 aromatic carbocycles. The third kappa shape index (κ3) is 3.44. The zero-order valence-electron chi connectivity index (χ0n) is 20.0. The number of hydrogen-bond donors (Lipinski definition) is 1. The fourth-order valence-electron chi connectivity index (χ4n) is 5.07. The van der Waals surface area contributed by atoms with Crippen LogP contribution >= 0.6 is 0 Å². The summed E-state index contributed by atoms with van der Waals surface area (Å²) in [6.07, 6.45) is 0.708. The Bertz CT molecular complexity index is 1400. The van der Waals surface area contributed by atoms with Crippen LogP contribution in [0.25, 0.3) is 33.5 Å². The highest BCUT2D eigenvalue weighted by Crippen LogP contribution is 2.37. The number of fused-ring (bicyclic) bond motifs is 3. The fourth-order valence-corrected chi connectivity index (χ4v) is 5.07. The Morgan fingerprint density at radius 2 is 2.03 bits per heavy atom. The second-order valence-corrected chi connectivity index (χ2v) is 9.30. The van der Waals surface area contributed by atoms with Gasteiger partial charge in [-0.1, -0.05) is 12.1 Å². The number of benzene rings is 2. The number of imidazole rings is 1. The summed E-state index contributed by atoms with van der Waals surface area (Å²) in [6, 6.07) is 11.6.